The second kappa shape index (κ2) is 14.8. The second-order valence-electron chi connectivity index (χ2n) is 9.22. The Labute approximate surface area is 257 Å². The van der Waals surface area contributed by atoms with Gasteiger partial charge in [-0.15, -0.1) is 0 Å². The largest absolute Gasteiger partial charge is 0.497 e. The zero-order valence-electron chi connectivity index (χ0n) is 24.9. The van der Waals surface area contributed by atoms with Gasteiger partial charge < -0.3 is 29.2 Å². The van der Waals surface area contributed by atoms with Crippen LogP contribution in [-0.4, -0.2) is 73.2 Å². The number of benzene rings is 3. The van der Waals surface area contributed by atoms with Gasteiger partial charge in [0.15, 0.2) is 11.5 Å². The standard InChI is InChI=1S/C30H36ClN3O8S/c1-7-24(30(36)32-2)33(18-20-10-8-9-11-23(20)31)29(35)19-34(25-16-21(39-3)12-14-26(25)40-4)43(37,38)22-13-15-27(41-5)28(17-22)42-6/h8-17,24H,7,18-19H2,1-6H3,(H,32,36)/t24-/m0/s1. The van der Waals surface area contributed by atoms with Crippen molar-refractivity contribution >= 4 is 39.1 Å². The molecule has 3 aromatic carbocycles. The SMILES string of the molecule is CC[C@@H](C(=O)NC)N(Cc1ccccc1Cl)C(=O)CN(c1cc(OC)ccc1OC)S(=O)(=O)c1ccc(OC)c(OC)c1. The first-order valence-electron chi connectivity index (χ1n) is 13.3. The molecule has 43 heavy (non-hydrogen) atoms. The van der Waals surface area contributed by atoms with E-state index in [9.17, 15) is 18.0 Å². The van der Waals surface area contributed by atoms with Gasteiger partial charge in [-0.3, -0.25) is 13.9 Å². The molecule has 0 aliphatic carbocycles. The predicted molar refractivity (Wildman–Crippen MR) is 164 cm³/mol. The quantitative estimate of drug-likeness (QED) is 0.281. The lowest BCUT2D eigenvalue weighted by Crippen LogP contribution is -2.51. The molecule has 2 amide bonds. The summed E-state index contributed by atoms with van der Waals surface area (Å²) in [6.45, 7) is 1.04. The number of hydrogen-bond acceptors (Lipinski definition) is 8. The first kappa shape index (κ1) is 33.3. The van der Waals surface area contributed by atoms with Gasteiger partial charge in [0.05, 0.1) is 39.0 Å². The fourth-order valence-electron chi connectivity index (χ4n) is 4.51. The number of carbonyl (C=O) groups excluding carboxylic acids is 2. The Kier molecular flexibility index (Phi) is 11.5. The van der Waals surface area contributed by atoms with Crippen LogP contribution in [0, 0.1) is 0 Å². The lowest BCUT2D eigenvalue weighted by Gasteiger charge is -2.33. The summed E-state index contributed by atoms with van der Waals surface area (Å²) in [5.41, 5.74) is 0.642. The molecule has 0 saturated carbocycles. The Balaban J connectivity index is 2.21. The van der Waals surface area contributed by atoms with E-state index >= 15 is 0 Å². The van der Waals surface area contributed by atoms with E-state index in [1.165, 1.54) is 70.7 Å². The summed E-state index contributed by atoms with van der Waals surface area (Å²) < 4.78 is 51.1. The smallest absolute Gasteiger partial charge is 0.265 e. The van der Waals surface area contributed by atoms with Crippen molar-refractivity contribution in [2.45, 2.75) is 30.8 Å². The molecule has 0 aliphatic rings. The fraction of sp³-hybridized carbons (Fsp3) is 0.333. The summed E-state index contributed by atoms with van der Waals surface area (Å²) in [4.78, 5) is 28.3. The molecule has 13 heteroatoms. The van der Waals surface area contributed by atoms with E-state index in [1.807, 2.05) is 0 Å². The van der Waals surface area contributed by atoms with Crippen LogP contribution in [0.5, 0.6) is 23.0 Å². The first-order chi connectivity index (χ1) is 20.6. The molecule has 3 rings (SSSR count). The molecule has 3 aromatic rings. The highest BCUT2D eigenvalue weighted by Crippen LogP contribution is 2.38. The predicted octanol–water partition coefficient (Wildman–Crippen LogP) is 4.12. The first-order valence-corrected chi connectivity index (χ1v) is 15.1. The third-order valence-corrected chi connectivity index (χ3v) is 8.93. The van der Waals surface area contributed by atoms with Crippen LogP contribution in [0.1, 0.15) is 18.9 Å². The number of anilines is 1. The lowest BCUT2D eigenvalue weighted by molar-refractivity contribution is -0.140. The molecule has 0 fully saturated rings. The maximum absolute atomic E-state index is 14.3. The van der Waals surface area contributed by atoms with Gasteiger partial charge in [-0.2, -0.15) is 0 Å². The van der Waals surface area contributed by atoms with Gasteiger partial charge >= 0.3 is 0 Å². The van der Waals surface area contributed by atoms with Crippen molar-refractivity contribution in [3.05, 3.63) is 71.2 Å². The number of nitrogens with zero attached hydrogens (tertiary/aromatic N) is 2. The van der Waals surface area contributed by atoms with Crippen LogP contribution < -0.4 is 28.6 Å². The summed E-state index contributed by atoms with van der Waals surface area (Å²) in [6.07, 6.45) is 0.265. The van der Waals surface area contributed by atoms with Crippen molar-refractivity contribution < 1.29 is 37.0 Å². The number of rotatable bonds is 14. The number of hydrogen-bond donors (Lipinski definition) is 1. The topological polar surface area (TPSA) is 124 Å². The Morgan fingerprint density at radius 1 is 0.884 bits per heavy atom. The molecule has 0 saturated heterocycles. The number of halogens is 1. The maximum Gasteiger partial charge on any atom is 0.265 e. The number of nitrogens with one attached hydrogen (secondary N) is 1. The van der Waals surface area contributed by atoms with Crippen molar-refractivity contribution in [2.75, 3.05) is 46.3 Å². The number of likely N-dealkylation sites (N-methyl/N-ethyl adjacent to an activating group) is 1. The zero-order valence-corrected chi connectivity index (χ0v) is 26.5. The molecule has 0 aliphatic heterocycles. The molecule has 0 heterocycles. The molecule has 1 atom stereocenters. The van der Waals surface area contributed by atoms with Gasteiger partial charge in [0.25, 0.3) is 10.0 Å². The number of sulfonamides is 1. The van der Waals surface area contributed by atoms with Gasteiger partial charge in [0.1, 0.15) is 24.1 Å². The third-order valence-electron chi connectivity index (χ3n) is 6.81. The fourth-order valence-corrected chi connectivity index (χ4v) is 6.13. The van der Waals surface area contributed by atoms with Crippen molar-refractivity contribution in [2.24, 2.45) is 0 Å². The van der Waals surface area contributed by atoms with E-state index in [1.54, 1.807) is 37.3 Å². The molecule has 0 radical (unpaired) electrons. The van der Waals surface area contributed by atoms with Crippen molar-refractivity contribution in [1.29, 1.82) is 0 Å². The Bertz CT molecular complexity index is 1550. The highest BCUT2D eigenvalue weighted by molar-refractivity contribution is 7.92. The minimum atomic E-state index is -4.45. The van der Waals surface area contributed by atoms with E-state index in [0.717, 1.165) is 4.31 Å². The monoisotopic (exact) mass is 633 g/mol. The number of carbonyl (C=O) groups is 2. The van der Waals surface area contributed by atoms with Gasteiger partial charge in [0, 0.05) is 30.7 Å². The number of amides is 2. The minimum absolute atomic E-state index is 0.0378. The molecule has 232 valence electrons. The molecule has 0 bridgehead atoms. The average Bonchev–Trinajstić information content (AvgIpc) is 3.03. The maximum atomic E-state index is 14.3. The summed E-state index contributed by atoms with van der Waals surface area (Å²) >= 11 is 6.42. The Morgan fingerprint density at radius 2 is 1.53 bits per heavy atom. The Morgan fingerprint density at radius 3 is 2.12 bits per heavy atom. The van der Waals surface area contributed by atoms with E-state index in [-0.39, 0.29) is 35.0 Å². The summed E-state index contributed by atoms with van der Waals surface area (Å²) in [6, 6.07) is 14.7. The summed E-state index contributed by atoms with van der Waals surface area (Å²) in [7, 11) is 2.66. The van der Waals surface area contributed by atoms with Crippen molar-refractivity contribution in [1.82, 2.24) is 10.2 Å². The molecule has 11 nitrogen and oxygen atoms in total. The van der Waals surface area contributed by atoms with Gasteiger partial charge in [-0.1, -0.05) is 36.7 Å². The molecule has 0 unspecified atom stereocenters. The number of ether oxygens (including phenoxy) is 4. The zero-order chi connectivity index (χ0) is 31.7. The highest BCUT2D eigenvalue weighted by atomic mass is 35.5. The lowest BCUT2D eigenvalue weighted by atomic mass is 10.1. The molecule has 1 N–H and O–H groups in total. The average molecular weight is 634 g/mol. The van der Waals surface area contributed by atoms with Crippen LogP contribution >= 0.6 is 11.6 Å². The van der Waals surface area contributed by atoms with Crippen LogP contribution in [-0.2, 0) is 26.2 Å². The highest BCUT2D eigenvalue weighted by Gasteiger charge is 2.35. The molecular weight excluding hydrogens is 598 g/mol. The third kappa shape index (κ3) is 7.44. The second-order valence-corrected chi connectivity index (χ2v) is 11.5. The van der Waals surface area contributed by atoms with Crippen LogP contribution in [0.15, 0.2) is 65.6 Å². The van der Waals surface area contributed by atoms with E-state index in [0.29, 0.717) is 22.1 Å². The van der Waals surface area contributed by atoms with Gasteiger partial charge in [-0.25, -0.2) is 8.42 Å². The van der Waals surface area contributed by atoms with Crippen LogP contribution in [0.3, 0.4) is 0 Å². The van der Waals surface area contributed by atoms with Crippen LogP contribution in [0.4, 0.5) is 5.69 Å². The van der Waals surface area contributed by atoms with Crippen LogP contribution in [0.2, 0.25) is 5.02 Å². The van der Waals surface area contributed by atoms with Gasteiger partial charge in [0.2, 0.25) is 11.8 Å². The molecular formula is C30H36ClN3O8S. The summed E-state index contributed by atoms with van der Waals surface area (Å²) in [5, 5.41) is 2.99. The number of methoxy groups -OCH3 is 4. The van der Waals surface area contributed by atoms with E-state index in [4.69, 9.17) is 30.5 Å². The minimum Gasteiger partial charge on any atom is -0.497 e. The normalized spacial score (nSPS) is 11.7. The van der Waals surface area contributed by atoms with Crippen molar-refractivity contribution in [3.63, 3.8) is 0 Å². The van der Waals surface area contributed by atoms with Crippen LogP contribution in [0.25, 0.3) is 0 Å². The summed E-state index contributed by atoms with van der Waals surface area (Å²) in [5.74, 6) is -0.0432. The van der Waals surface area contributed by atoms with E-state index in [2.05, 4.69) is 5.32 Å². The van der Waals surface area contributed by atoms with Gasteiger partial charge in [-0.05, 0) is 42.3 Å². The van der Waals surface area contributed by atoms with Crippen molar-refractivity contribution in [3.8, 4) is 23.0 Å². The molecule has 0 aromatic heterocycles. The van der Waals surface area contributed by atoms with E-state index < -0.39 is 34.4 Å². The molecule has 0 spiro atoms. The Hall–Kier alpha value is -4.16.